The van der Waals surface area contributed by atoms with Crippen molar-refractivity contribution in [3.8, 4) is 5.75 Å². The molecular weight excluding hydrogens is 304 g/mol. The molecule has 0 radical (unpaired) electrons. The Kier molecular flexibility index (Phi) is 5.27. The fourth-order valence-electron chi connectivity index (χ4n) is 2.27. The van der Waals surface area contributed by atoms with Crippen LogP contribution in [0.4, 0.5) is 0 Å². The molecule has 2 aromatic rings. The van der Waals surface area contributed by atoms with Gasteiger partial charge in [-0.2, -0.15) is 0 Å². The average Bonchev–Trinajstić information content (AvgIpc) is 2.53. The molecule has 0 aliphatic carbocycles. The van der Waals surface area contributed by atoms with Crippen molar-refractivity contribution in [2.45, 2.75) is 47.1 Å². The summed E-state index contributed by atoms with van der Waals surface area (Å²) in [6.45, 7) is 8.95. The Bertz CT molecular complexity index is 761. The maximum absolute atomic E-state index is 12.2. The zero-order valence-electron chi connectivity index (χ0n) is 14.9. The van der Waals surface area contributed by atoms with Crippen molar-refractivity contribution in [2.24, 2.45) is 5.41 Å². The Labute approximate surface area is 142 Å². The number of rotatable bonds is 5. The summed E-state index contributed by atoms with van der Waals surface area (Å²) < 4.78 is 10.7. The van der Waals surface area contributed by atoms with Crippen LogP contribution in [0.5, 0.6) is 5.75 Å². The van der Waals surface area contributed by atoms with Gasteiger partial charge in [-0.1, -0.05) is 25.1 Å². The summed E-state index contributed by atoms with van der Waals surface area (Å²) in [7, 11) is 0. The Morgan fingerprint density at radius 1 is 1.08 bits per heavy atom. The summed E-state index contributed by atoms with van der Waals surface area (Å²) >= 11 is 0. The average molecular weight is 328 g/mol. The smallest absolute Gasteiger partial charge is 0.316 e. The van der Waals surface area contributed by atoms with Crippen LogP contribution in [0.25, 0.3) is 10.8 Å². The van der Waals surface area contributed by atoms with Crippen molar-refractivity contribution in [2.75, 3.05) is 0 Å². The number of fused-ring (bicyclic) bond motifs is 1. The van der Waals surface area contributed by atoms with Crippen molar-refractivity contribution in [3.63, 3.8) is 0 Å². The highest BCUT2D eigenvalue weighted by molar-refractivity contribution is 5.86. The monoisotopic (exact) mass is 328 g/mol. The molecule has 0 aliphatic heterocycles. The van der Waals surface area contributed by atoms with E-state index in [9.17, 15) is 9.59 Å². The number of hydrogen-bond donors (Lipinski definition) is 0. The van der Waals surface area contributed by atoms with Crippen LogP contribution in [0, 0.1) is 5.41 Å². The van der Waals surface area contributed by atoms with E-state index < -0.39 is 5.41 Å². The highest BCUT2D eigenvalue weighted by atomic mass is 16.5. The van der Waals surface area contributed by atoms with Crippen LogP contribution in [0.3, 0.4) is 0 Å². The zero-order chi connectivity index (χ0) is 17.9. The predicted octanol–water partition coefficient (Wildman–Crippen LogP) is 4.81. The lowest BCUT2D eigenvalue weighted by Crippen LogP contribution is -2.28. The molecular formula is C20H24O4. The first-order valence-electron chi connectivity index (χ1n) is 8.16. The second-order valence-corrected chi connectivity index (χ2v) is 6.65. The predicted molar refractivity (Wildman–Crippen MR) is 93.8 cm³/mol. The van der Waals surface area contributed by atoms with Crippen LogP contribution < -0.4 is 4.74 Å². The molecule has 1 unspecified atom stereocenters. The molecule has 0 amide bonds. The van der Waals surface area contributed by atoms with Crippen molar-refractivity contribution >= 4 is 22.7 Å². The Hall–Kier alpha value is -2.36. The Balaban J connectivity index is 2.23. The van der Waals surface area contributed by atoms with Crippen LogP contribution in [-0.2, 0) is 14.3 Å². The molecule has 0 bridgehead atoms. The second kappa shape index (κ2) is 7.04. The first kappa shape index (κ1) is 18.0. The SMILES string of the molecule is CCC(C)(C)C(=O)Oc1ccc2cc(C(C)OC(C)=O)ccc2c1. The van der Waals surface area contributed by atoms with E-state index in [-0.39, 0.29) is 18.0 Å². The van der Waals surface area contributed by atoms with Crippen LogP contribution >= 0.6 is 0 Å². The molecule has 0 heterocycles. The van der Waals surface area contributed by atoms with E-state index in [2.05, 4.69) is 0 Å². The lowest BCUT2D eigenvalue weighted by atomic mass is 9.91. The van der Waals surface area contributed by atoms with Crippen LogP contribution in [0.2, 0.25) is 0 Å². The zero-order valence-corrected chi connectivity index (χ0v) is 14.9. The van der Waals surface area contributed by atoms with Crippen molar-refractivity contribution in [1.29, 1.82) is 0 Å². The van der Waals surface area contributed by atoms with E-state index in [1.54, 1.807) is 6.07 Å². The Morgan fingerprint density at radius 2 is 1.71 bits per heavy atom. The molecule has 0 N–H and O–H groups in total. The second-order valence-electron chi connectivity index (χ2n) is 6.65. The third kappa shape index (κ3) is 4.13. The third-order valence-corrected chi connectivity index (χ3v) is 4.29. The van der Waals surface area contributed by atoms with Gasteiger partial charge >= 0.3 is 11.9 Å². The minimum atomic E-state index is -0.502. The minimum Gasteiger partial charge on any atom is -0.458 e. The molecule has 2 rings (SSSR count). The van der Waals surface area contributed by atoms with Crippen molar-refractivity contribution in [1.82, 2.24) is 0 Å². The summed E-state index contributed by atoms with van der Waals surface area (Å²) in [6.07, 6.45) is 0.423. The largest absolute Gasteiger partial charge is 0.458 e. The fourth-order valence-corrected chi connectivity index (χ4v) is 2.27. The number of ether oxygens (including phenoxy) is 2. The van der Waals surface area contributed by atoms with Gasteiger partial charge in [-0.25, -0.2) is 0 Å². The fraction of sp³-hybridized carbons (Fsp3) is 0.400. The molecule has 128 valence electrons. The van der Waals surface area contributed by atoms with Crippen LogP contribution in [0.1, 0.15) is 52.7 Å². The lowest BCUT2D eigenvalue weighted by Gasteiger charge is -2.20. The molecule has 0 saturated carbocycles. The van der Waals surface area contributed by atoms with Crippen molar-refractivity contribution in [3.05, 3.63) is 42.0 Å². The van der Waals surface area contributed by atoms with Gasteiger partial charge in [0.15, 0.2) is 0 Å². The van der Waals surface area contributed by atoms with Crippen LogP contribution in [0.15, 0.2) is 36.4 Å². The first-order valence-corrected chi connectivity index (χ1v) is 8.16. The summed E-state index contributed by atoms with van der Waals surface area (Å²) in [5, 5.41) is 1.97. The van der Waals surface area contributed by atoms with E-state index in [4.69, 9.17) is 9.47 Å². The van der Waals surface area contributed by atoms with Crippen LogP contribution in [-0.4, -0.2) is 11.9 Å². The molecule has 0 aliphatic rings. The van der Waals surface area contributed by atoms with Gasteiger partial charge in [0.2, 0.25) is 0 Å². The van der Waals surface area contributed by atoms with E-state index in [1.807, 2.05) is 58.0 Å². The first-order chi connectivity index (χ1) is 11.2. The Morgan fingerprint density at radius 3 is 2.33 bits per heavy atom. The quantitative estimate of drug-likeness (QED) is 0.584. The lowest BCUT2D eigenvalue weighted by molar-refractivity contribution is -0.146. The van der Waals surface area contributed by atoms with Gasteiger partial charge in [0.05, 0.1) is 5.41 Å². The number of hydrogen-bond acceptors (Lipinski definition) is 4. The number of benzene rings is 2. The van der Waals surface area contributed by atoms with Gasteiger partial charge in [-0.05, 0) is 61.7 Å². The highest BCUT2D eigenvalue weighted by Gasteiger charge is 2.27. The summed E-state index contributed by atoms with van der Waals surface area (Å²) in [5.41, 5.74) is 0.424. The molecule has 0 saturated heterocycles. The molecule has 4 heteroatoms. The molecule has 2 aromatic carbocycles. The number of esters is 2. The molecule has 4 nitrogen and oxygen atoms in total. The summed E-state index contributed by atoms with van der Waals surface area (Å²) in [4.78, 5) is 23.3. The standard InChI is InChI=1S/C20H24O4/c1-6-20(4,5)19(22)24-18-10-9-16-11-15(7-8-17(16)12-18)13(2)23-14(3)21/h7-13H,6H2,1-5H3. The topological polar surface area (TPSA) is 52.6 Å². The van der Waals surface area contributed by atoms with E-state index in [0.717, 1.165) is 22.8 Å². The van der Waals surface area contributed by atoms with Gasteiger partial charge < -0.3 is 9.47 Å². The van der Waals surface area contributed by atoms with E-state index in [0.29, 0.717) is 5.75 Å². The molecule has 24 heavy (non-hydrogen) atoms. The number of carbonyl (C=O) groups is 2. The summed E-state index contributed by atoms with van der Waals surface area (Å²) in [6, 6.07) is 11.4. The minimum absolute atomic E-state index is 0.232. The maximum atomic E-state index is 12.2. The van der Waals surface area contributed by atoms with Gasteiger partial charge in [-0.15, -0.1) is 0 Å². The molecule has 0 spiro atoms. The molecule has 0 fully saturated rings. The highest BCUT2D eigenvalue weighted by Crippen LogP contribution is 2.28. The van der Waals surface area contributed by atoms with Gasteiger partial charge in [0.1, 0.15) is 11.9 Å². The van der Waals surface area contributed by atoms with E-state index >= 15 is 0 Å². The number of carbonyl (C=O) groups excluding carboxylic acids is 2. The van der Waals surface area contributed by atoms with Gasteiger partial charge in [0, 0.05) is 6.92 Å². The van der Waals surface area contributed by atoms with Crippen molar-refractivity contribution < 1.29 is 19.1 Å². The van der Waals surface area contributed by atoms with Gasteiger partial charge in [0.25, 0.3) is 0 Å². The molecule has 0 aromatic heterocycles. The van der Waals surface area contributed by atoms with E-state index in [1.165, 1.54) is 6.92 Å². The van der Waals surface area contributed by atoms with Gasteiger partial charge in [-0.3, -0.25) is 9.59 Å². The maximum Gasteiger partial charge on any atom is 0.316 e. The third-order valence-electron chi connectivity index (χ3n) is 4.29. The molecule has 1 atom stereocenters. The normalized spacial score (nSPS) is 12.7. The summed E-state index contributed by atoms with van der Waals surface area (Å²) in [5.74, 6) is 0.00246.